The molecular weight excluding hydrogens is 267 g/mol. The number of rotatable bonds is 3. The molecule has 0 aromatic carbocycles. The molecule has 6 heteroatoms. The molecule has 1 aliphatic rings. The molecule has 4 amide bonds. The van der Waals surface area contributed by atoms with Crippen molar-refractivity contribution < 1.29 is 45.4 Å². The molecule has 0 saturated carbocycles. The van der Waals surface area contributed by atoms with Gasteiger partial charge in [0.25, 0.3) is 0 Å². The first-order valence-corrected chi connectivity index (χ1v) is 6.14. The summed E-state index contributed by atoms with van der Waals surface area (Å²) in [6, 6.07) is -0.703. The average Bonchev–Trinajstić information content (AvgIpc) is 2.38. The standard InChI is InChI=1S/C14H18N2O3.Na.H/c1-5-7-8-10(3)14(9-6-2)11(17)15-13(19)16(4)12(14)18;;/h6,10H,2,5,9H2,1,3-4H3,(H,15,17,19);;/q;+1;-1. The Morgan fingerprint density at radius 3 is 2.60 bits per heavy atom. The number of allylic oxidation sites excluding steroid dienone is 1. The number of hydrogen-bond donors (Lipinski definition) is 1. The summed E-state index contributed by atoms with van der Waals surface area (Å²) >= 11 is 0. The van der Waals surface area contributed by atoms with Gasteiger partial charge in [0.1, 0.15) is 5.41 Å². The molecule has 0 bridgehead atoms. The van der Waals surface area contributed by atoms with E-state index >= 15 is 0 Å². The van der Waals surface area contributed by atoms with Gasteiger partial charge in [0, 0.05) is 19.4 Å². The third kappa shape index (κ3) is 3.14. The van der Waals surface area contributed by atoms with Gasteiger partial charge in [-0.2, -0.15) is 0 Å². The molecule has 1 aliphatic heterocycles. The van der Waals surface area contributed by atoms with E-state index in [0.717, 1.165) is 4.90 Å². The second-order valence-electron chi connectivity index (χ2n) is 4.48. The van der Waals surface area contributed by atoms with Crippen LogP contribution >= 0.6 is 0 Å². The van der Waals surface area contributed by atoms with Crippen LogP contribution in [0.5, 0.6) is 0 Å². The topological polar surface area (TPSA) is 66.5 Å². The molecule has 1 rings (SSSR count). The maximum absolute atomic E-state index is 12.4. The fraction of sp³-hybridized carbons (Fsp3) is 0.500. The summed E-state index contributed by atoms with van der Waals surface area (Å²) in [5, 5.41) is 2.20. The van der Waals surface area contributed by atoms with E-state index in [1.54, 1.807) is 6.92 Å². The minimum absolute atomic E-state index is 0. The van der Waals surface area contributed by atoms with Gasteiger partial charge < -0.3 is 1.43 Å². The second-order valence-corrected chi connectivity index (χ2v) is 4.48. The van der Waals surface area contributed by atoms with Crippen LogP contribution in [-0.2, 0) is 9.59 Å². The Balaban J connectivity index is 0. The van der Waals surface area contributed by atoms with Crippen molar-refractivity contribution in [1.82, 2.24) is 10.2 Å². The largest absolute Gasteiger partial charge is 1.00 e. The Morgan fingerprint density at radius 2 is 2.10 bits per heavy atom. The number of nitrogens with zero attached hydrogens (tertiary/aromatic N) is 1. The van der Waals surface area contributed by atoms with Crippen LogP contribution in [0, 0.1) is 23.2 Å². The minimum atomic E-state index is -1.37. The Morgan fingerprint density at radius 1 is 1.50 bits per heavy atom. The van der Waals surface area contributed by atoms with Crippen LogP contribution in [0.15, 0.2) is 12.7 Å². The molecule has 1 saturated heterocycles. The van der Waals surface area contributed by atoms with Crippen LogP contribution in [0.25, 0.3) is 0 Å². The first-order chi connectivity index (χ1) is 8.91. The second kappa shape index (κ2) is 7.63. The van der Waals surface area contributed by atoms with Crippen LogP contribution < -0.4 is 34.9 Å². The van der Waals surface area contributed by atoms with Gasteiger partial charge in [0.2, 0.25) is 11.8 Å². The van der Waals surface area contributed by atoms with Crippen LogP contribution in [0.1, 0.15) is 28.1 Å². The number of carbonyl (C=O) groups is 3. The zero-order valence-electron chi connectivity index (χ0n) is 13.4. The van der Waals surface area contributed by atoms with Gasteiger partial charge >= 0.3 is 35.6 Å². The van der Waals surface area contributed by atoms with Crippen molar-refractivity contribution in [2.45, 2.75) is 26.7 Å². The first-order valence-electron chi connectivity index (χ1n) is 6.14. The Kier molecular flexibility index (Phi) is 7.21. The van der Waals surface area contributed by atoms with Gasteiger partial charge in [-0.05, 0) is 13.3 Å². The van der Waals surface area contributed by atoms with E-state index in [2.05, 4.69) is 23.7 Å². The maximum atomic E-state index is 12.4. The van der Waals surface area contributed by atoms with Crippen molar-refractivity contribution in [3.8, 4) is 11.8 Å². The van der Waals surface area contributed by atoms with Gasteiger partial charge in [0.15, 0.2) is 0 Å². The van der Waals surface area contributed by atoms with Crippen LogP contribution in [-0.4, -0.2) is 29.8 Å². The number of hydrogen-bond acceptors (Lipinski definition) is 3. The summed E-state index contributed by atoms with van der Waals surface area (Å²) in [4.78, 5) is 37.0. The van der Waals surface area contributed by atoms with Gasteiger partial charge in [0.05, 0.1) is 0 Å². The zero-order valence-corrected chi connectivity index (χ0v) is 14.4. The Labute approximate surface area is 142 Å². The number of carbonyl (C=O) groups excluding carboxylic acids is 3. The monoisotopic (exact) mass is 286 g/mol. The number of imide groups is 2. The van der Waals surface area contributed by atoms with Gasteiger partial charge in [-0.25, -0.2) is 4.79 Å². The van der Waals surface area contributed by atoms with Crippen molar-refractivity contribution in [3.05, 3.63) is 12.7 Å². The van der Waals surface area contributed by atoms with Crippen LogP contribution in [0.4, 0.5) is 4.79 Å². The summed E-state index contributed by atoms with van der Waals surface area (Å²) in [6.07, 6.45) is 2.29. The molecule has 2 atom stereocenters. The molecule has 5 nitrogen and oxygen atoms in total. The van der Waals surface area contributed by atoms with Crippen LogP contribution in [0.2, 0.25) is 0 Å². The molecule has 0 spiro atoms. The van der Waals surface area contributed by atoms with Gasteiger partial charge in [-0.3, -0.25) is 19.8 Å². The van der Waals surface area contributed by atoms with E-state index in [0.29, 0.717) is 6.42 Å². The Hall–Kier alpha value is -1.09. The molecule has 2 unspecified atom stereocenters. The smallest absolute Gasteiger partial charge is 1.00 e. The molecule has 1 heterocycles. The Bertz CT molecular complexity index is 498. The predicted molar refractivity (Wildman–Crippen MR) is 71.9 cm³/mol. The third-order valence-electron chi connectivity index (χ3n) is 3.32. The summed E-state index contributed by atoms with van der Waals surface area (Å²) in [7, 11) is 1.35. The van der Waals surface area contributed by atoms with Crippen LogP contribution in [0.3, 0.4) is 0 Å². The van der Waals surface area contributed by atoms with Crippen molar-refractivity contribution in [1.29, 1.82) is 0 Å². The summed E-state index contributed by atoms with van der Waals surface area (Å²) in [6.45, 7) is 7.19. The van der Waals surface area contributed by atoms with Gasteiger partial charge in [-0.15, -0.1) is 12.5 Å². The first kappa shape index (κ1) is 18.9. The number of urea groups is 1. The molecule has 20 heavy (non-hydrogen) atoms. The fourth-order valence-electron chi connectivity index (χ4n) is 2.13. The normalized spacial score (nSPS) is 23.1. The number of nitrogens with one attached hydrogen (secondary N) is 1. The fourth-order valence-corrected chi connectivity index (χ4v) is 2.13. The van der Waals surface area contributed by atoms with E-state index in [4.69, 9.17) is 0 Å². The molecule has 1 N–H and O–H groups in total. The quantitative estimate of drug-likeness (QED) is 0.295. The van der Waals surface area contributed by atoms with E-state index in [1.807, 2.05) is 6.92 Å². The summed E-state index contributed by atoms with van der Waals surface area (Å²) in [5.41, 5.74) is -1.37. The van der Waals surface area contributed by atoms with E-state index in [1.165, 1.54) is 13.1 Å². The molecule has 0 aliphatic carbocycles. The van der Waals surface area contributed by atoms with Gasteiger partial charge in [-0.1, -0.05) is 18.9 Å². The zero-order chi connectivity index (χ0) is 14.6. The van der Waals surface area contributed by atoms with Crippen molar-refractivity contribution in [3.63, 3.8) is 0 Å². The maximum Gasteiger partial charge on any atom is 1.00 e. The summed E-state index contributed by atoms with van der Waals surface area (Å²) in [5.74, 6) is 4.16. The molecule has 1 fully saturated rings. The molecule has 0 aromatic rings. The van der Waals surface area contributed by atoms with Crippen molar-refractivity contribution in [2.24, 2.45) is 11.3 Å². The van der Waals surface area contributed by atoms with Crippen molar-refractivity contribution >= 4 is 17.8 Å². The number of amides is 4. The SMILES string of the molecule is C=CCC1(C(C)C#CCC)C(=O)NC(=O)N(C)C1=O.[H-].[Na+]. The average molecular weight is 286 g/mol. The third-order valence-corrected chi connectivity index (χ3v) is 3.32. The minimum Gasteiger partial charge on any atom is -1.00 e. The summed E-state index contributed by atoms with van der Waals surface area (Å²) < 4.78 is 0. The molecular formula is C14H19N2NaO3. The predicted octanol–water partition coefficient (Wildman–Crippen LogP) is -1.58. The van der Waals surface area contributed by atoms with E-state index < -0.39 is 29.2 Å². The molecule has 0 aromatic heterocycles. The number of barbiturate groups is 1. The molecule has 0 radical (unpaired) electrons. The van der Waals surface area contributed by atoms with E-state index in [-0.39, 0.29) is 37.4 Å². The van der Waals surface area contributed by atoms with Crippen molar-refractivity contribution in [2.75, 3.05) is 7.05 Å². The molecule has 104 valence electrons. The van der Waals surface area contributed by atoms with E-state index in [9.17, 15) is 14.4 Å².